The molecule has 1 aliphatic rings. The van der Waals surface area contributed by atoms with Gasteiger partial charge in [-0.1, -0.05) is 12.1 Å². The number of carbonyl (C=O) groups excluding carboxylic acids is 1. The van der Waals surface area contributed by atoms with Crippen LogP contribution < -0.4 is 34.9 Å². The molecule has 0 spiro atoms. The van der Waals surface area contributed by atoms with Crippen LogP contribution in [-0.4, -0.2) is 18.9 Å². The summed E-state index contributed by atoms with van der Waals surface area (Å²) < 4.78 is 31.5. The molecule has 2 N–H and O–H groups in total. The van der Waals surface area contributed by atoms with Crippen molar-refractivity contribution in [3.05, 3.63) is 47.5 Å². The minimum atomic E-state index is -4.19. The summed E-state index contributed by atoms with van der Waals surface area (Å²) in [6, 6.07) is 10.2. The first-order valence-electron chi connectivity index (χ1n) is 6.36. The van der Waals surface area contributed by atoms with E-state index in [1.807, 2.05) is 18.2 Å². The minimum absolute atomic E-state index is 0. The smallest absolute Gasteiger partial charge is 0.326 e. The van der Waals surface area contributed by atoms with E-state index in [-0.39, 0.29) is 40.4 Å². The van der Waals surface area contributed by atoms with E-state index in [0.717, 1.165) is 22.3 Å². The predicted octanol–water partition coefficient (Wildman–Crippen LogP) is -0.533. The maximum atomic E-state index is 11.2. The third-order valence-corrected chi connectivity index (χ3v) is 4.32. The van der Waals surface area contributed by atoms with E-state index in [9.17, 15) is 13.2 Å². The van der Waals surface area contributed by atoms with Crippen LogP contribution in [0.4, 0.5) is 5.69 Å². The molecule has 2 aromatic carbocycles. The van der Waals surface area contributed by atoms with Gasteiger partial charge in [-0.05, 0) is 52.9 Å². The summed E-state index contributed by atoms with van der Waals surface area (Å²) in [6.45, 7) is 1.44. The molecule has 0 fully saturated rings. The van der Waals surface area contributed by atoms with Crippen molar-refractivity contribution in [2.24, 2.45) is 0 Å². The summed E-state index contributed by atoms with van der Waals surface area (Å²) in [7, 11) is -4.19. The number of hydrogen-bond acceptors (Lipinski definition) is 3. The first kappa shape index (κ1) is 17.2. The average Bonchev–Trinajstić information content (AvgIpc) is 2.73. The zero-order valence-corrected chi connectivity index (χ0v) is 15.1. The molecule has 0 bridgehead atoms. The molecule has 0 atom stereocenters. The van der Waals surface area contributed by atoms with Crippen molar-refractivity contribution in [3.8, 4) is 11.1 Å². The van der Waals surface area contributed by atoms with E-state index >= 15 is 0 Å². The summed E-state index contributed by atoms with van der Waals surface area (Å²) in [4.78, 5) is 11.0. The average molecular weight is 326 g/mol. The van der Waals surface area contributed by atoms with Crippen LogP contribution in [0.5, 0.6) is 0 Å². The first-order chi connectivity index (χ1) is 9.84. The molecule has 3 rings (SSSR count). The van der Waals surface area contributed by atoms with Crippen LogP contribution in [-0.2, 0) is 21.3 Å². The number of amides is 1. The number of anilines is 1. The van der Waals surface area contributed by atoms with E-state index in [4.69, 9.17) is 4.55 Å². The second kappa shape index (κ2) is 6.14. The van der Waals surface area contributed by atoms with Crippen LogP contribution in [0.3, 0.4) is 0 Å². The fraction of sp³-hybridized carbons (Fsp3) is 0.133. The Morgan fingerprint density at radius 1 is 1.09 bits per heavy atom. The van der Waals surface area contributed by atoms with E-state index in [2.05, 4.69) is 5.32 Å². The van der Waals surface area contributed by atoms with E-state index in [1.54, 1.807) is 6.07 Å². The summed E-state index contributed by atoms with van der Waals surface area (Å²) in [5.41, 5.74) is 4.54. The first-order valence-corrected chi connectivity index (χ1v) is 7.80. The van der Waals surface area contributed by atoms with E-state index in [0.29, 0.717) is 12.1 Å². The van der Waals surface area contributed by atoms with Gasteiger partial charge in [0, 0.05) is 12.6 Å². The maximum Gasteiger partial charge on any atom is 1.00 e. The Hall–Kier alpha value is -1.18. The zero-order valence-electron chi connectivity index (χ0n) is 12.3. The number of hydrogen-bond donors (Lipinski definition) is 2. The van der Waals surface area contributed by atoms with Crippen LogP contribution in [0, 0.1) is 0 Å². The quantitative estimate of drug-likeness (QED) is 0.490. The summed E-state index contributed by atoms with van der Waals surface area (Å²) >= 11 is 0. The van der Waals surface area contributed by atoms with Crippen molar-refractivity contribution in [1.29, 1.82) is 0 Å². The van der Waals surface area contributed by atoms with Gasteiger partial charge in [-0.2, -0.15) is 8.42 Å². The molecule has 0 aliphatic heterocycles. The van der Waals surface area contributed by atoms with Crippen molar-refractivity contribution in [2.75, 3.05) is 5.32 Å². The van der Waals surface area contributed by atoms with Gasteiger partial charge in [-0.25, -0.2) is 0 Å². The van der Waals surface area contributed by atoms with E-state index < -0.39 is 10.1 Å². The molecule has 1 amide bonds. The van der Waals surface area contributed by atoms with Crippen molar-refractivity contribution in [1.82, 2.24) is 0 Å². The van der Waals surface area contributed by atoms with Gasteiger partial charge >= 0.3 is 29.6 Å². The largest absolute Gasteiger partial charge is 1.00 e. The Labute approximate surface area is 150 Å². The van der Waals surface area contributed by atoms with Gasteiger partial charge in [0.2, 0.25) is 5.91 Å². The van der Waals surface area contributed by atoms with Crippen molar-refractivity contribution < 1.29 is 47.3 Å². The second-order valence-corrected chi connectivity index (χ2v) is 6.45. The third kappa shape index (κ3) is 3.26. The number of fused-ring (bicyclic) bond motifs is 3. The molecule has 0 saturated carbocycles. The summed E-state index contributed by atoms with van der Waals surface area (Å²) in [6.07, 6.45) is 0.571. The van der Waals surface area contributed by atoms with Crippen LogP contribution >= 0.6 is 0 Å². The number of nitrogens with one attached hydrogen (secondary N) is 1. The molecular weight excluding hydrogens is 313 g/mol. The fourth-order valence-corrected chi connectivity index (χ4v) is 3.16. The Morgan fingerprint density at radius 3 is 2.27 bits per heavy atom. The molecule has 0 heterocycles. The standard InChI is InChI=1S/C15H13NO4S.Na/c1-9(17)16-12-2-4-14-10(7-12)6-11-8-13(21(18,19)20)3-5-15(11)14;/h2-5,7-8H,6H2,1H3,(H,16,17)(H,18,19,20);/q;+1. The molecule has 0 aromatic heterocycles. The van der Waals surface area contributed by atoms with Crippen molar-refractivity contribution >= 4 is 21.7 Å². The monoisotopic (exact) mass is 326 g/mol. The predicted molar refractivity (Wildman–Crippen MR) is 78.8 cm³/mol. The van der Waals surface area contributed by atoms with Gasteiger partial charge in [-0.15, -0.1) is 0 Å². The SMILES string of the molecule is CC(=O)Nc1ccc2c(c1)Cc1cc(S(=O)(=O)O)ccc1-2.[Na+]. The van der Waals surface area contributed by atoms with Gasteiger partial charge in [0.1, 0.15) is 0 Å². The van der Waals surface area contributed by atoms with Gasteiger partial charge < -0.3 is 5.32 Å². The molecule has 5 nitrogen and oxygen atoms in total. The van der Waals surface area contributed by atoms with Gasteiger partial charge in [0.25, 0.3) is 10.1 Å². The summed E-state index contributed by atoms with van der Waals surface area (Å²) in [5, 5.41) is 2.72. The van der Waals surface area contributed by atoms with Crippen LogP contribution in [0.15, 0.2) is 41.3 Å². The Bertz CT molecular complexity index is 862. The molecule has 0 radical (unpaired) electrons. The molecule has 2 aromatic rings. The number of carbonyl (C=O) groups is 1. The van der Waals surface area contributed by atoms with E-state index in [1.165, 1.54) is 19.1 Å². The molecule has 108 valence electrons. The molecule has 0 unspecified atom stereocenters. The van der Waals surface area contributed by atoms with Crippen molar-refractivity contribution in [3.63, 3.8) is 0 Å². The van der Waals surface area contributed by atoms with Gasteiger partial charge in [0.15, 0.2) is 0 Å². The molecule has 0 saturated heterocycles. The van der Waals surface area contributed by atoms with Crippen molar-refractivity contribution in [2.45, 2.75) is 18.2 Å². The molecule has 22 heavy (non-hydrogen) atoms. The third-order valence-electron chi connectivity index (χ3n) is 3.47. The van der Waals surface area contributed by atoms with Crippen LogP contribution in [0.2, 0.25) is 0 Å². The second-order valence-electron chi connectivity index (χ2n) is 5.02. The minimum Gasteiger partial charge on any atom is -0.326 e. The number of benzene rings is 2. The maximum absolute atomic E-state index is 11.2. The normalized spacial score (nSPS) is 12.1. The zero-order chi connectivity index (χ0) is 15.2. The molecular formula is C15H13NNaO4S+. The Kier molecular flexibility index (Phi) is 4.79. The molecule has 7 heteroatoms. The molecule has 1 aliphatic carbocycles. The topological polar surface area (TPSA) is 83.5 Å². The van der Waals surface area contributed by atoms with Gasteiger partial charge in [-0.3, -0.25) is 9.35 Å². The van der Waals surface area contributed by atoms with Crippen LogP contribution in [0.25, 0.3) is 11.1 Å². The van der Waals surface area contributed by atoms with Crippen LogP contribution in [0.1, 0.15) is 18.1 Å². The number of rotatable bonds is 2. The summed E-state index contributed by atoms with van der Waals surface area (Å²) in [5.74, 6) is -0.140. The van der Waals surface area contributed by atoms with Gasteiger partial charge in [0.05, 0.1) is 4.90 Å². The fourth-order valence-electron chi connectivity index (χ4n) is 2.63. The Morgan fingerprint density at radius 2 is 1.68 bits per heavy atom. The Balaban J connectivity index is 0.00000176.